The molecule has 1 N–H and O–H groups in total. The summed E-state index contributed by atoms with van der Waals surface area (Å²) in [6.45, 7) is 2.16. The van der Waals surface area contributed by atoms with E-state index in [0.29, 0.717) is 6.61 Å². The van der Waals surface area contributed by atoms with Crippen molar-refractivity contribution in [2.75, 3.05) is 13.2 Å². The zero-order valence-corrected chi connectivity index (χ0v) is 5.85. The number of nitrogens with one attached hydrogen (secondary N) is 1. The van der Waals surface area contributed by atoms with Gasteiger partial charge in [0.25, 0.3) is 0 Å². The van der Waals surface area contributed by atoms with Gasteiger partial charge in [-0.1, -0.05) is 6.92 Å². The van der Waals surface area contributed by atoms with Crippen molar-refractivity contribution in [2.24, 2.45) is 0 Å². The molecule has 0 aromatic rings. The molecular formula is C6H10NO3. The third-order valence-corrected chi connectivity index (χ3v) is 0.742. The molecule has 0 atom stereocenters. The Morgan fingerprint density at radius 2 is 2.40 bits per heavy atom. The van der Waals surface area contributed by atoms with Crippen LogP contribution in [0.15, 0.2) is 0 Å². The van der Waals surface area contributed by atoms with Crippen LogP contribution in [0.5, 0.6) is 0 Å². The van der Waals surface area contributed by atoms with Gasteiger partial charge in [0.05, 0.1) is 13.2 Å². The summed E-state index contributed by atoms with van der Waals surface area (Å²) >= 11 is 0. The highest BCUT2D eigenvalue weighted by Crippen LogP contribution is 1.79. The molecule has 0 aliphatic rings. The molecule has 0 saturated carbocycles. The highest BCUT2D eigenvalue weighted by atomic mass is 16.5. The van der Waals surface area contributed by atoms with Crippen molar-refractivity contribution in [3.8, 4) is 0 Å². The van der Waals surface area contributed by atoms with Crippen LogP contribution in [0, 0.1) is 0 Å². The maximum absolute atomic E-state index is 10.4. The molecule has 1 amide bonds. The first-order valence-electron chi connectivity index (χ1n) is 3.07. The maximum atomic E-state index is 10.4. The molecule has 0 saturated heterocycles. The van der Waals surface area contributed by atoms with E-state index < -0.39 is 6.09 Å². The number of carbonyl (C=O) groups is 1. The van der Waals surface area contributed by atoms with Crippen LogP contribution in [0.25, 0.3) is 0 Å². The van der Waals surface area contributed by atoms with Crippen molar-refractivity contribution in [3.05, 3.63) is 0 Å². The minimum absolute atomic E-state index is 0.109. The summed E-state index contributed by atoms with van der Waals surface area (Å²) in [6, 6.07) is 0. The highest BCUT2D eigenvalue weighted by Gasteiger charge is 1.97. The molecule has 0 spiro atoms. The van der Waals surface area contributed by atoms with E-state index in [0.717, 1.165) is 6.42 Å². The Morgan fingerprint density at radius 1 is 1.70 bits per heavy atom. The molecule has 10 heavy (non-hydrogen) atoms. The van der Waals surface area contributed by atoms with Gasteiger partial charge in [-0.05, 0) is 6.42 Å². The second-order valence-electron chi connectivity index (χ2n) is 1.63. The van der Waals surface area contributed by atoms with Crippen molar-refractivity contribution < 1.29 is 14.3 Å². The number of hydrogen-bond acceptors (Lipinski definition) is 3. The van der Waals surface area contributed by atoms with Crippen molar-refractivity contribution in [2.45, 2.75) is 13.3 Å². The van der Waals surface area contributed by atoms with E-state index in [9.17, 15) is 9.59 Å². The van der Waals surface area contributed by atoms with Crippen molar-refractivity contribution >= 4 is 12.4 Å². The molecule has 0 bridgehead atoms. The first-order valence-corrected chi connectivity index (χ1v) is 3.07. The second-order valence-corrected chi connectivity index (χ2v) is 1.63. The van der Waals surface area contributed by atoms with Crippen LogP contribution in [0.4, 0.5) is 4.79 Å². The van der Waals surface area contributed by atoms with E-state index in [-0.39, 0.29) is 6.54 Å². The fourth-order valence-corrected chi connectivity index (χ4v) is 0.354. The topological polar surface area (TPSA) is 55.4 Å². The van der Waals surface area contributed by atoms with Gasteiger partial charge in [-0.25, -0.2) is 4.79 Å². The van der Waals surface area contributed by atoms with Gasteiger partial charge >= 0.3 is 6.09 Å². The minimum atomic E-state index is -0.565. The lowest BCUT2D eigenvalue weighted by atomic mass is 10.5. The molecule has 0 aromatic heterocycles. The van der Waals surface area contributed by atoms with Crippen LogP contribution >= 0.6 is 0 Å². The molecule has 0 unspecified atom stereocenters. The zero-order valence-electron chi connectivity index (χ0n) is 5.85. The molecule has 57 valence electrons. The number of amides is 1. The molecule has 0 aromatic carbocycles. The largest absolute Gasteiger partial charge is 0.450 e. The highest BCUT2D eigenvalue weighted by molar-refractivity contribution is 5.70. The van der Waals surface area contributed by atoms with Crippen LogP contribution in [-0.2, 0) is 9.53 Å². The van der Waals surface area contributed by atoms with Gasteiger partial charge in [0, 0.05) is 0 Å². The Kier molecular flexibility index (Phi) is 5.42. The zero-order chi connectivity index (χ0) is 7.82. The summed E-state index contributed by atoms with van der Waals surface area (Å²) in [7, 11) is 0. The average Bonchev–Trinajstić information content (AvgIpc) is 1.97. The Hall–Kier alpha value is -1.06. The van der Waals surface area contributed by atoms with Gasteiger partial charge in [0.2, 0.25) is 6.29 Å². The smallest absolute Gasteiger partial charge is 0.407 e. The van der Waals surface area contributed by atoms with Crippen molar-refractivity contribution in [3.63, 3.8) is 0 Å². The van der Waals surface area contributed by atoms with Crippen LogP contribution in [0.2, 0.25) is 0 Å². The summed E-state index contributed by atoms with van der Waals surface area (Å²) in [4.78, 5) is 20.0. The van der Waals surface area contributed by atoms with E-state index in [4.69, 9.17) is 0 Å². The number of hydrogen-bond donors (Lipinski definition) is 1. The molecule has 4 nitrogen and oxygen atoms in total. The van der Waals surface area contributed by atoms with Crippen molar-refractivity contribution in [1.82, 2.24) is 5.32 Å². The maximum Gasteiger partial charge on any atom is 0.407 e. The fraction of sp³-hybridized carbons (Fsp3) is 0.667. The van der Waals surface area contributed by atoms with E-state index in [2.05, 4.69) is 10.1 Å². The van der Waals surface area contributed by atoms with E-state index >= 15 is 0 Å². The summed E-state index contributed by atoms with van der Waals surface area (Å²) in [5, 5.41) is 2.18. The molecule has 0 fully saturated rings. The van der Waals surface area contributed by atoms with Gasteiger partial charge in [-0.2, -0.15) is 0 Å². The normalized spacial score (nSPS) is 8.50. The van der Waals surface area contributed by atoms with Crippen LogP contribution in [-0.4, -0.2) is 25.5 Å². The van der Waals surface area contributed by atoms with Gasteiger partial charge in [0.1, 0.15) is 0 Å². The lowest BCUT2D eigenvalue weighted by molar-refractivity contribution is 0.147. The van der Waals surface area contributed by atoms with Crippen LogP contribution < -0.4 is 5.32 Å². The van der Waals surface area contributed by atoms with E-state index in [1.807, 2.05) is 6.92 Å². The summed E-state index contributed by atoms with van der Waals surface area (Å²) < 4.78 is 4.56. The standard InChI is InChI=1S/C6H10NO3/c1-2-5-10-6(9)7-3-4-8/h2-3,5H2,1H3,(H,7,9). The minimum Gasteiger partial charge on any atom is -0.450 e. The third kappa shape index (κ3) is 5.08. The number of carbonyl (C=O) groups excluding carboxylic acids is 2. The number of ether oxygens (including phenoxy) is 1. The number of rotatable bonds is 4. The van der Waals surface area contributed by atoms with E-state index in [1.54, 1.807) is 0 Å². The third-order valence-electron chi connectivity index (χ3n) is 0.742. The monoisotopic (exact) mass is 144 g/mol. The van der Waals surface area contributed by atoms with Gasteiger partial charge in [-0.3, -0.25) is 4.79 Å². The van der Waals surface area contributed by atoms with Gasteiger partial charge in [0.15, 0.2) is 0 Å². The van der Waals surface area contributed by atoms with Crippen molar-refractivity contribution in [1.29, 1.82) is 0 Å². The quantitative estimate of drug-likeness (QED) is 0.614. The Labute approximate surface area is 59.6 Å². The first-order chi connectivity index (χ1) is 4.81. The second kappa shape index (κ2) is 6.07. The molecule has 0 rings (SSSR count). The molecular weight excluding hydrogens is 134 g/mol. The van der Waals surface area contributed by atoms with Gasteiger partial charge < -0.3 is 10.1 Å². The Balaban J connectivity index is 3.16. The molecule has 0 aliphatic carbocycles. The average molecular weight is 144 g/mol. The Bertz CT molecular complexity index is 114. The number of alkyl carbamates (subject to hydrolysis) is 1. The first kappa shape index (κ1) is 8.94. The molecule has 0 heterocycles. The SMILES string of the molecule is CCCOC(=O)NC[C]=O. The van der Waals surface area contributed by atoms with Crippen LogP contribution in [0.1, 0.15) is 13.3 Å². The van der Waals surface area contributed by atoms with Crippen LogP contribution in [0.3, 0.4) is 0 Å². The molecule has 0 aliphatic heterocycles. The fourth-order valence-electron chi connectivity index (χ4n) is 0.354. The lowest BCUT2D eigenvalue weighted by Gasteiger charge is -2.00. The summed E-state index contributed by atoms with van der Waals surface area (Å²) in [6.07, 6.45) is 1.72. The predicted molar refractivity (Wildman–Crippen MR) is 35.3 cm³/mol. The predicted octanol–water partition coefficient (Wildman–Crippen LogP) is 0.232. The van der Waals surface area contributed by atoms with Gasteiger partial charge in [-0.15, -0.1) is 0 Å². The Morgan fingerprint density at radius 3 is 2.90 bits per heavy atom. The summed E-state index contributed by atoms with van der Waals surface area (Å²) in [5.41, 5.74) is 0. The lowest BCUT2D eigenvalue weighted by Crippen LogP contribution is -2.26. The molecule has 4 heteroatoms. The van der Waals surface area contributed by atoms with E-state index in [1.165, 1.54) is 6.29 Å². The summed E-state index contributed by atoms with van der Waals surface area (Å²) in [5.74, 6) is 0. The molecule has 1 radical (unpaired) electrons.